The van der Waals surface area contributed by atoms with E-state index in [4.69, 9.17) is 0 Å². The lowest BCUT2D eigenvalue weighted by Gasteiger charge is -2.35. The zero-order chi connectivity index (χ0) is 18.6. The van der Waals surface area contributed by atoms with E-state index in [2.05, 4.69) is 72.9 Å². The van der Waals surface area contributed by atoms with Gasteiger partial charge in [-0.2, -0.15) is 0 Å². The van der Waals surface area contributed by atoms with Gasteiger partial charge in [0, 0.05) is 22.3 Å². The molecule has 3 heteroatoms. The molecule has 0 saturated carbocycles. The van der Waals surface area contributed by atoms with E-state index in [1.165, 1.54) is 22.4 Å². The van der Waals surface area contributed by atoms with Crippen molar-refractivity contribution in [3.05, 3.63) is 89.5 Å². The summed E-state index contributed by atoms with van der Waals surface area (Å²) in [6, 6.07) is 23.5. The molecule has 0 saturated heterocycles. The van der Waals surface area contributed by atoms with Crippen LogP contribution in [0.15, 0.2) is 77.7 Å². The van der Waals surface area contributed by atoms with E-state index in [1.54, 1.807) is 6.26 Å². The normalized spacial score (nSPS) is 23.1. The molecule has 3 aromatic carbocycles. The zero-order valence-corrected chi connectivity index (χ0v) is 16.2. The van der Waals surface area contributed by atoms with E-state index < -0.39 is 10.8 Å². The first kappa shape index (κ1) is 16.5. The molecule has 0 aromatic heterocycles. The molecule has 3 unspecified atom stereocenters. The molecule has 0 amide bonds. The van der Waals surface area contributed by atoms with Gasteiger partial charge >= 0.3 is 0 Å². The van der Waals surface area contributed by atoms with Crippen molar-refractivity contribution in [2.45, 2.75) is 23.3 Å². The Kier molecular flexibility index (Phi) is 3.63. The fourth-order valence-electron chi connectivity index (χ4n) is 4.57. The Balaban J connectivity index is 1.73. The smallest absolute Gasteiger partial charge is 0.0583 e. The standard InChI is InChI=1S/C24H21NOS/c1-24-19-8-4-5-9-21(19)25-23(24)14-13-16-11-12-17(15-20(16)24)18-7-3-6-10-22(18)27(2)26/h3-15,23,25H,1-2H3. The maximum absolute atomic E-state index is 12.2. The summed E-state index contributed by atoms with van der Waals surface area (Å²) in [6.07, 6.45) is 6.24. The van der Waals surface area contributed by atoms with Crippen LogP contribution < -0.4 is 5.32 Å². The van der Waals surface area contributed by atoms with Crippen molar-refractivity contribution in [3.63, 3.8) is 0 Å². The summed E-state index contributed by atoms with van der Waals surface area (Å²) in [6.45, 7) is 2.33. The highest BCUT2D eigenvalue weighted by Crippen LogP contribution is 2.50. The van der Waals surface area contributed by atoms with Gasteiger partial charge in [0.05, 0.1) is 16.8 Å². The van der Waals surface area contributed by atoms with Crippen molar-refractivity contribution >= 4 is 22.6 Å². The van der Waals surface area contributed by atoms with Gasteiger partial charge < -0.3 is 5.32 Å². The van der Waals surface area contributed by atoms with Crippen molar-refractivity contribution < 1.29 is 4.21 Å². The van der Waals surface area contributed by atoms with Crippen LogP contribution in [-0.4, -0.2) is 16.5 Å². The summed E-state index contributed by atoms with van der Waals surface area (Å²) in [5, 5.41) is 3.67. The Morgan fingerprint density at radius 2 is 1.74 bits per heavy atom. The molecule has 27 heavy (non-hydrogen) atoms. The number of rotatable bonds is 2. The van der Waals surface area contributed by atoms with Crippen LogP contribution >= 0.6 is 0 Å². The van der Waals surface area contributed by atoms with Crippen LogP contribution in [0, 0.1) is 0 Å². The second-order valence-electron chi connectivity index (χ2n) is 7.48. The fraction of sp³-hybridized carbons (Fsp3) is 0.167. The average Bonchev–Trinajstić information content (AvgIpc) is 3.01. The molecule has 1 N–H and O–H groups in total. The molecule has 0 spiro atoms. The first-order valence-corrected chi connectivity index (χ1v) is 10.8. The van der Waals surface area contributed by atoms with Gasteiger partial charge in [-0.05, 0) is 52.9 Å². The average molecular weight is 372 g/mol. The first-order valence-electron chi connectivity index (χ1n) is 9.20. The molecular weight excluding hydrogens is 350 g/mol. The Labute approximate surface area is 162 Å². The largest absolute Gasteiger partial charge is 0.377 e. The highest BCUT2D eigenvalue weighted by atomic mass is 32.2. The first-order chi connectivity index (χ1) is 13.1. The summed E-state index contributed by atoms with van der Waals surface area (Å²) >= 11 is 0. The fourth-order valence-corrected chi connectivity index (χ4v) is 5.33. The van der Waals surface area contributed by atoms with Crippen molar-refractivity contribution in [1.29, 1.82) is 0 Å². The van der Waals surface area contributed by atoms with Gasteiger partial charge in [-0.15, -0.1) is 0 Å². The maximum Gasteiger partial charge on any atom is 0.0583 e. The summed E-state index contributed by atoms with van der Waals surface area (Å²) in [5.74, 6) is 0. The molecular formula is C24H21NOS. The van der Waals surface area contributed by atoms with Crippen LogP contribution in [0.4, 0.5) is 5.69 Å². The highest BCUT2D eigenvalue weighted by Gasteiger charge is 2.45. The van der Waals surface area contributed by atoms with Gasteiger partial charge in [0.1, 0.15) is 0 Å². The predicted octanol–water partition coefficient (Wildman–Crippen LogP) is 5.22. The van der Waals surface area contributed by atoms with E-state index in [9.17, 15) is 4.21 Å². The van der Waals surface area contributed by atoms with Gasteiger partial charge in [0.25, 0.3) is 0 Å². The summed E-state index contributed by atoms with van der Waals surface area (Å²) in [5.41, 5.74) is 7.19. The third-order valence-corrected chi connectivity index (χ3v) is 6.98. The molecule has 0 bridgehead atoms. The quantitative estimate of drug-likeness (QED) is 0.669. The van der Waals surface area contributed by atoms with E-state index >= 15 is 0 Å². The SMILES string of the molecule is CS(=O)c1ccccc1-c1ccc2c(c1)C1(C)c3ccccc3NC1C=C2. The Morgan fingerprint density at radius 1 is 0.963 bits per heavy atom. The van der Waals surface area contributed by atoms with Gasteiger partial charge in [-0.1, -0.05) is 60.7 Å². The van der Waals surface area contributed by atoms with Crippen molar-refractivity contribution in [1.82, 2.24) is 0 Å². The van der Waals surface area contributed by atoms with Crippen molar-refractivity contribution in [3.8, 4) is 11.1 Å². The number of fused-ring (bicyclic) bond motifs is 5. The predicted molar refractivity (Wildman–Crippen MR) is 114 cm³/mol. The third kappa shape index (κ3) is 2.35. The summed E-state index contributed by atoms with van der Waals surface area (Å²) in [7, 11) is -1.02. The summed E-state index contributed by atoms with van der Waals surface area (Å²) in [4.78, 5) is 0.885. The number of anilines is 1. The van der Waals surface area contributed by atoms with Crippen molar-refractivity contribution in [2.75, 3.05) is 11.6 Å². The van der Waals surface area contributed by atoms with E-state index in [-0.39, 0.29) is 11.5 Å². The lowest BCUT2D eigenvalue weighted by Crippen LogP contribution is -2.38. The molecule has 2 nitrogen and oxygen atoms in total. The molecule has 134 valence electrons. The van der Waals surface area contributed by atoms with Crippen LogP contribution in [0.1, 0.15) is 23.6 Å². The molecule has 0 fully saturated rings. The number of hydrogen-bond acceptors (Lipinski definition) is 2. The second kappa shape index (κ2) is 5.93. The van der Waals surface area contributed by atoms with E-state index in [0.29, 0.717) is 0 Å². The van der Waals surface area contributed by atoms with Gasteiger partial charge in [0.15, 0.2) is 0 Å². The Hall–Kier alpha value is -2.65. The molecule has 1 aliphatic carbocycles. The van der Waals surface area contributed by atoms with Crippen LogP contribution in [0.3, 0.4) is 0 Å². The van der Waals surface area contributed by atoms with E-state index in [1.807, 2.05) is 18.2 Å². The molecule has 1 aliphatic heterocycles. The number of para-hydroxylation sites is 1. The molecule has 3 atom stereocenters. The minimum Gasteiger partial charge on any atom is -0.377 e. The maximum atomic E-state index is 12.2. The zero-order valence-electron chi connectivity index (χ0n) is 15.4. The molecule has 5 rings (SSSR count). The summed E-state index contributed by atoms with van der Waals surface area (Å²) < 4.78 is 12.2. The third-order valence-electron chi connectivity index (χ3n) is 6.01. The Morgan fingerprint density at radius 3 is 2.59 bits per heavy atom. The van der Waals surface area contributed by atoms with Crippen LogP contribution in [0.5, 0.6) is 0 Å². The lowest BCUT2D eigenvalue weighted by molar-refractivity contribution is 0.556. The monoisotopic (exact) mass is 371 g/mol. The van der Waals surface area contributed by atoms with Gasteiger partial charge in [-0.3, -0.25) is 4.21 Å². The minimum absolute atomic E-state index is 0.114. The van der Waals surface area contributed by atoms with Crippen LogP contribution in [0.25, 0.3) is 17.2 Å². The highest BCUT2D eigenvalue weighted by molar-refractivity contribution is 7.84. The molecule has 1 heterocycles. The molecule has 2 aliphatic rings. The molecule has 3 aromatic rings. The minimum atomic E-state index is -1.02. The van der Waals surface area contributed by atoms with Crippen LogP contribution in [-0.2, 0) is 16.2 Å². The number of hydrogen-bond donors (Lipinski definition) is 1. The Bertz CT molecular complexity index is 1120. The molecule has 0 radical (unpaired) electrons. The topological polar surface area (TPSA) is 29.1 Å². The lowest BCUT2D eigenvalue weighted by atomic mass is 9.68. The number of benzene rings is 3. The number of nitrogens with one attached hydrogen (secondary N) is 1. The van der Waals surface area contributed by atoms with E-state index in [0.717, 1.165) is 16.0 Å². The van der Waals surface area contributed by atoms with Crippen LogP contribution in [0.2, 0.25) is 0 Å². The second-order valence-corrected chi connectivity index (χ2v) is 8.83. The van der Waals surface area contributed by atoms with Crippen molar-refractivity contribution in [2.24, 2.45) is 0 Å². The van der Waals surface area contributed by atoms with Gasteiger partial charge in [0.2, 0.25) is 0 Å². The van der Waals surface area contributed by atoms with Gasteiger partial charge in [-0.25, -0.2) is 0 Å².